The fraction of sp³-hybridized carbons (Fsp3) is 0.200. The van der Waals surface area contributed by atoms with Crippen LogP contribution in [0.15, 0.2) is 40.9 Å². The van der Waals surface area contributed by atoms with Crippen LogP contribution in [0.25, 0.3) is 0 Å². The number of hydrogen-bond donors (Lipinski definition) is 0. The number of ether oxygens (including phenoxy) is 1. The zero-order valence-electron chi connectivity index (χ0n) is 10.6. The van der Waals surface area contributed by atoms with Crippen molar-refractivity contribution in [3.05, 3.63) is 62.6 Å². The molecule has 0 aliphatic heterocycles. The van der Waals surface area contributed by atoms with Crippen molar-refractivity contribution in [2.75, 3.05) is 7.11 Å². The van der Waals surface area contributed by atoms with Gasteiger partial charge in [-0.15, -0.1) is 11.6 Å². The fourth-order valence-corrected chi connectivity index (χ4v) is 3.02. The molecule has 2 rings (SSSR count). The van der Waals surface area contributed by atoms with Crippen molar-refractivity contribution >= 4 is 39.1 Å². The number of rotatable bonds is 3. The lowest BCUT2D eigenvalue weighted by Gasteiger charge is -2.17. The first-order valence-corrected chi connectivity index (χ1v) is 7.37. The van der Waals surface area contributed by atoms with Crippen LogP contribution in [0.4, 0.5) is 0 Å². The quantitative estimate of drug-likeness (QED) is 0.634. The third-order valence-corrected chi connectivity index (χ3v) is 4.17. The molecule has 1 unspecified atom stereocenters. The van der Waals surface area contributed by atoms with Crippen LogP contribution in [-0.4, -0.2) is 7.11 Å². The Balaban J connectivity index is 2.49. The van der Waals surface area contributed by atoms with Crippen LogP contribution in [0.1, 0.15) is 22.1 Å². The summed E-state index contributed by atoms with van der Waals surface area (Å²) < 4.78 is 6.35. The summed E-state index contributed by atoms with van der Waals surface area (Å²) in [5.74, 6) is 0.776. The Morgan fingerprint density at radius 1 is 1.11 bits per heavy atom. The maximum atomic E-state index is 6.60. The average Bonchev–Trinajstić information content (AvgIpc) is 2.38. The second-order valence-corrected chi connectivity index (χ2v) is 6.04. The van der Waals surface area contributed by atoms with E-state index in [1.54, 1.807) is 7.11 Å². The average molecular weight is 360 g/mol. The van der Waals surface area contributed by atoms with E-state index in [1.165, 1.54) is 0 Å². The molecule has 0 saturated heterocycles. The van der Waals surface area contributed by atoms with E-state index in [9.17, 15) is 0 Å². The molecule has 0 aliphatic carbocycles. The van der Waals surface area contributed by atoms with E-state index >= 15 is 0 Å². The van der Waals surface area contributed by atoms with Gasteiger partial charge in [0.1, 0.15) is 5.75 Å². The van der Waals surface area contributed by atoms with E-state index in [0.29, 0.717) is 5.02 Å². The number of methoxy groups -OCH3 is 1. The van der Waals surface area contributed by atoms with E-state index < -0.39 is 0 Å². The Labute approximate surface area is 131 Å². The zero-order valence-corrected chi connectivity index (χ0v) is 13.7. The summed E-state index contributed by atoms with van der Waals surface area (Å²) in [6, 6.07) is 11.5. The Morgan fingerprint density at radius 3 is 2.47 bits per heavy atom. The smallest absolute Gasteiger partial charge is 0.123 e. The molecule has 100 valence electrons. The molecule has 1 atom stereocenters. The first kappa shape index (κ1) is 14.7. The standard InChI is InChI=1S/C15H13BrCl2O/c1-9-7-11(17)4-5-12(9)15(18)13-8-10(16)3-6-14(13)19-2/h3-8,15H,1-2H3. The molecule has 0 amide bonds. The van der Waals surface area contributed by atoms with Gasteiger partial charge in [0.05, 0.1) is 12.5 Å². The summed E-state index contributed by atoms with van der Waals surface area (Å²) in [6.07, 6.45) is 0. The van der Waals surface area contributed by atoms with Gasteiger partial charge in [-0.2, -0.15) is 0 Å². The molecular weight excluding hydrogens is 347 g/mol. The van der Waals surface area contributed by atoms with Crippen LogP contribution in [0, 0.1) is 6.92 Å². The molecule has 0 radical (unpaired) electrons. The molecule has 19 heavy (non-hydrogen) atoms. The van der Waals surface area contributed by atoms with Gasteiger partial charge in [0, 0.05) is 15.1 Å². The van der Waals surface area contributed by atoms with Gasteiger partial charge < -0.3 is 4.74 Å². The lowest BCUT2D eigenvalue weighted by atomic mass is 9.99. The molecular formula is C15H13BrCl2O. The maximum absolute atomic E-state index is 6.60. The van der Waals surface area contributed by atoms with Crippen molar-refractivity contribution in [2.24, 2.45) is 0 Å². The molecule has 4 heteroatoms. The van der Waals surface area contributed by atoms with Crippen molar-refractivity contribution in [3.63, 3.8) is 0 Å². The molecule has 2 aromatic carbocycles. The second kappa shape index (κ2) is 6.17. The zero-order chi connectivity index (χ0) is 14.0. The minimum atomic E-state index is -0.273. The number of aryl methyl sites for hydroxylation is 1. The van der Waals surface area contributed by atoms with Gasteiger partial charge in [0.25, 0.3) is 0 Å². The van der Waals surface area contributed by atoms with Crippen molar-refractivity contribution < 1.29 is 4.74 Å². The fourth-order valence-electron chi connectivity index (χ4n) is 1.99. The van der Waals surface area contributed by atoms with Gasteiger partial charge in [0.2, 0.25) is 0 Å². The Morgan fingerprint density at radius 2 is 1.84 bits per heavy atom. The van der Waals surface area contributed by atoms with Crippen molar-refractivity contribution in [1.29, 1.82) is 0 Å². The third kappa shape index (κ3) is 3.25. The maximum Gasteiger partial charge on any atom is 0.123 e. The molecule has 0 spiro atoms. The van der Waals surface area contributed by atoms with Gasteiger partial charge in [-0.25, -0.2) is 0 Å². The molecule has 0 aromatic heterocycles. The van der Waals surface area contributed by atoms with Crippen LogP contribution < -0.4 is 4.74 Å². The topological polar surface area (TPSA) is 9.23 Å². The number of alkyl halides is 1. The summed E-state index contributed by atoms with van der Waals surface area (Å²) in [5.41, 5.74) is 3.03. The second-order valence-electron chi connectivity index (χ2n) is 4.25. The largest absolute Gasteiger partial charge is 0.496 e. The summed E-state index contributed by atoms with van der Waals surface area (Å²) in [5, 5.41) is 0.441. The monoisotopic (exact) mass is 358 g/mol. The number of hydrogen-bond acceptors (Lipinski definition) is 1. The first-order chi connectivity index (χ1) is 9.02. The highest BCUT2D eigenvalue weighted by Gasteiger charge is 2.18. The predicted molar refractivity (Wildman–Crippen MR) is 84.6 cm³/mol. The van der Waals surface area contributed by atoms with Gasteiger partial charge in [-0.05, 0) is 48.4 Å². The first-order valence-electron chi connectivity index (χ1n) is 5.76. The van der Waals surface area contributed by atoms with E-state index in [2.05, 4.69) is 15.9 Å². The molecule has 1 nitrogen and oxygen atoms in total. The van der Waals surface area contributed by atoms with E-state index in [1.807, 2.05) is 43.3 Å². The molecule has 0 fully saturated rings. The minimum absolute atomic E-state index is 0.273. The lowest BCUT2D eigenvalue weighted by molar-refractivity contribution is 0.410. The van der Waals surface area contributed by atoms with E-state index in [0.717, 1.165) is 26.9 Å². The number of halogens is 3. The van der Waals surface area contributed by atoms with Crippen LogP contribution in [0.3, 0.4) is 0 Å². The SMILES string of the molecule is COc1ccc(Br)cc1C(Cl)c1ccc(Cl)cc1C. The highest BCUT2D eigenvalue weighted by Crippen LogP contribution is 2.38. The van der Waals surface area contributed by atoms with Crippen LogP contribution >= 0.6 is 39.1 Å². The molecule has 0 heterocycles. The summed E-state index contributed by atoms with van der Waals surface area (Å²) in [7, 11) is 1.64. The third-order valence-electron chi connectivity index (χ3n) is 2.97. The normalized spacial score (nSPS) is 12.3. The minimum Gasteiger partial charge on any atom is -0.496 e. The highest BCUT2D eigenvalue weighted by atomic mass is 79.9. The molecule has 0 saturated carbocycles. The Bertz CT molecular complexity index is 599. The van der Waals surface area contributed by atoms with Gasteiger partial charge in [-0.3, -0.25) is 0 Å². The molecule has 0 N–H and O–H groups in total. The Hall–Kier alpha value is -0.700. The van der Waals surface area contributed by atoms with Crippen molar-refractivity contribution in [2.45, 2.75) is 12.3 Å². The van der Waals surface area contributed by atoms with E-state index in [-0.39, 0.29) is 5.38 Å². The highest BCUT2D eigenvalue weighted by molar-refractivity contribution is 9.10. The summed E-state index contributed by atoms with van der Waals surface area (Å²) in [6.45, 7) is 2.00. The van der Waals surface area contributed by atoms with E-state index in [4.69, 9.17) is 27.9 Å². The van der Waals surface area contributed by atoms with Crippen LogP contribution in [0.5, 0.6) is 5.75 Å². The molecule has 0 bridgehead atoms. The molecule has 0 aliphatic rings. The Kier molecular flexibility index (Phi) is 4.77. The van der Waals surface area contributed by atoms with Crippen molar-refractivity contribution in [3.8, 4) is 5.75 Å². The van der Waals surface area contributed by atoms with Crippen molar-refractivity contribution in [1.82, 2.24) is 0 Å². The van der Waals surface area contributed by atoms with Crippen LogP contribution in [-0.2, 0) is 0 Å². The van der Waals surface area contributed by atoms with Gasteiger partial charge in [0.15, 0.2) is 0 Å². The van der Waals surface area contributed by atoms with Crippen LogP contribution in [0.2, 0.25) is 5.02 Å². The lowest BCUT2D eigenvalue weighted by Crippen LogP contribution is -1.99. The van der Waals surface area contributed by atoms with Gasteiger partial charge >= 0.3 is 0 Å². The molecule has 2 aromatic rings. The van der Waals surface area contributed by atoms with Gasteiger partial charge in [-0.1, -0.05) is 33.6 Å². The number of benzene rings is 2. The summed E-state index contributed by atoms with van der Waals surface area (Å²) >= 11 is 16.0. The predicted octanol–water partition coefficient (Wildman–Crippen LogP) is 5.75. The summed E-state index contributed by atoms with van der Waals surface area (Å²) in [4.78, 5) is 0.